The highest BCUT2D eigenvalue weighted by atomic mass is 32.1. The van der Waals surface area contributed by atoms with Gasteiger partial charge in [-0.1, -0.05) is 0 Å². The summed E-state index contributed by atoms with van der Waals surface area (Å²) >= 11 is 1.49. The van der Waals surface area contributed by atoms with Gasteiger partial charge < -0.3 is 13.3 Å². The first-order valence-electron chi connectivity index (χ1n) is 7.07. The molecule has 20 heavy (non-hydrogen) atoms. The van der Waals surface area contributed by atoms with Crippen LogP contribution in [0, 0.1) is 0 Å². The number of carbonyl (C=O) groups is 1. The Morgan fingerprint density at radius 1 is 1.15 bits per heavy atom. The van der Waals surface area contributed by atoms with E-state index >= 15 is 0 Å². The molecule has 1 aromatic heterocycles. The minimum atomic E-state index is -2.62. The number of Topliss-reactive ketones (excluding diaryl/α,β-unsaturated/α-hetero) is 1. The monoisotopic (exact) mass is 316 g/mol. The van der Waals surface area contributed by atoms with Gasteiger partial charge in [0, 0.05) is 25.9 Å². The summed E-state index contributed by atoms with van der Waals surface area (Å²) in [4.78, 5) is 12.4. The fourth-order valence-electron chi connectivity index (χ4n) is 2.13. The number of carbonyl (C=O) groups excluding carboxylic acids is 1. The maximum atomic E-state index is 11.6. The molecule has 114 valence electrons. The van der Waals surface area contributed by atoms with Crippen molar-refractivity contribution in [2.45, 2.75) is 40.2 Å². The van der Waals surface area contributed by atoms with E-state index in [-0.39, 0.29) is 5.78 Å². The number of aryl methyl sites for hydroxylation is 1. The summed E-state index contributed by atoms with van der Waals surface area (Å²) in [5.41, 5.74) is 1.07. The van der Waals surface area contributed by atoms with Crippen LogP contribution in [0.15, 0.2) is 11.4 Å². The summed E-state index contributed by atoms with van der Waals surface area (Å²) in [5, 5.41) is 1.96. The molecule has 0 atom stereocenters. The van der Waals surface area contributed by atoms with Gasteiger partial charge in [0.15, 0.2) is 5.78 Å². The molecular formula is C14H24O4SSi. The largest absolute Gasteiger partial charge is 0.501 e. The number of ketones is 1. The molecule has 0 aromatic carbocycles. The molecule has 1 rings (SSSR count). The van der Waals surface area contributed by atoms with Gasteiger partial charge >= 0.3 is 8.80 Å². The highest BCUT2D eigenvalue weighted by molar-refractivity contribution is 7.12. The summed E-state index contributed by atoms with van der Waals surface area (Å²) in [6.45, 7) is 9.19. The molecular weight excluding hydrogens is 292 g/mol. The van der Waals surface area contributed by atoms with Crippen LogP contribution in [0.25, 0.3) is 0 Å². The molecule has 0 bridgehead atoms. The number of hydrogen-bond acceptors (Lipinski definition) is 5. The Hall–Kier alpha value is -0.533. The molecule has 0 saturated carbocycles. The fourth-order valence-corrected chi connectivity index (χ4v) is 5.56. The molecule has 1 heterocycles. The van der Waals surface area contributed by atoms with Gasteiger partial charge in [0.05, 0.1) is 4.88 Å². The molecule has 0 aliphatic heterocycles. The van der Waals surface area contributed by atoms with Crippen LogP contribution in [0.1, 0.15) is 42.9 Å². The maximum absolute atomic E-state index is 11.6. The van der Waals surface area contributed by atoms with Crippen molar-refractivity contribution in [1.29, 1.82) is 0 Å². The summed E-state index contributed by atoms with van der Waals surface area (Å²) < 4.78 is 17.5. The topological polar surface area (TPSA) is 44.8 Å². The Kier molecular flexibility index (Phi) is 7.61. The van der Waals surface area contributed by atoms with Crippen molar-refractivity contribution in [2.24, 2.45) is 0 Å². The van der Waals surface area contributed by atoms with Gasteiger partial charge in [0.1, 0.15) is 0 Å². The lowest BCUT2D eigenvalue weighted by molar-refractivity contribution is 0.0713. The third kappa shape index (κ3) is 4.78. The molecule has 0 radical (unpaired) electrons. The first-order chi connectivity index (χ1) is 9.58. The Labute approximate surface area is 126 Å². The van der Waals surface area contributed by atoms with Gasteiger partial charge in [-0.05, 0) is 51.1 Å². The lowest BCUT2D eigenvalue weighted by Crippen LogP contribution is -2.46. The molecule has 0 fully saturated rings. The van der Waals surface area contributed by atoms with Gasteiger partial charge in [-0.15, -0.1) is 11.3 Å². The van der Waals surface area contributed by atoms with E-state index in [0.29, 0.717) is 25.9 Å². The molecule has 4 nitrogen and oxygen atoms in total. The fraction of sp³-hybridized carbons (Fsp3) is 0.643. The first-order valence-corrected chi connectivity index (χ1v) is 9.88. The van der Waals surface area contributed by atoms with Gasteiger partial charge in [-0.25, -0.2) is 0 Å². The van der Waals surface area contributed by atoms with Gasteiger partial charge in [0.25, 0.3) is 0 Å². The molecule has 0 spiro atoms. The summed E-state index contributed by atoms with van der Waals surface area (Å²) in [7, 11) is -2.62. The van der Waals surface area contributed by atoms with Crippen molar-refractivity contribution < 1.29 is 18.1 Å². The quantitative estimate of drug-likeness (QED) is 0.489. The molecule has 6 heteroatoms. The Morgan fingerprint density at radius 2 is 1.70 bits per heavy atom. The SMILES string of the molecule is CCO[Si](CCc1ccsc1C(C)=O)(OCC)OCC. The summed E-state index contributed by atoms with van der Waals surface area (Å²) in [5.74, 6) is 0.117. The Bertz CT molecular complexity index is 402. The third-order valence-corrected chi connectivity index (χ3v) is 6.97. The van der Waals surface area contributed by atoms with E-state index in [1.165, 1.54) is 11.3 Å². The second-order valence-electron chi connectivity index (χ2n) is 4.31. The Balaban J connectivity index is 2.78. The van der Waals surface area contributed by atoms with Crippen molar-refractivity contribution in [3.05, 3.63) is 21.9 Å². The Morgan fingerprint density at radius 3 is 2.15 bits per heavy atom. The molecule has 0 unspecified atom stereocenters. The third-order valence-electron chi connectivity index (χ3n) is 2.86. The van der Waals surface area contributed by atoms with Crippen LogP contribution in [0.5, 0.6) is 0 Å². The zero-order valence-corrected chi connectivity index (χ0v) is 14.5. The molecule has 0 aliphatic rings. The van der Waals surface area contributed by atoms with Crippen LogP contribution in [0.4, 0.5) is 0 Å². The molecule has 0 N–H and O–H groups in total. The normalized spacial score (nSPS) is 11.8. The minimum Gasteiger partial charge on any atom is -0.374 e. The lowest BCUT2D eigenvalue weighted by Gasteiger charge is -2.28. The molecule has 0 aliphatic carbocycles. The van der Waals surface area contributed by atoms with Crippen LogP contribution in [-0.2, 0) is 19.7 Å². The smallest absolute Gasteiger partial charge is 0.374 e. The van der Waals surface area contributed by atoms with Crippen LogP contribution in [-0.4, -0.2) is 34.4 Å². The van der Waals surface area contributed by atoms with Crippen LogP contribution >= 0.6 is 11.3 Å². The second-order valence-corrected chi connectivity index (χ2v) is 7.96. The molecule has 0 saturated heterocycles. The van der Waals surface area contributed by atoms with Crippen LogP contribution in [0.3, 0.4) is 0 Å². The minimum absolute atomic E-state index is 0.117. The van der Waals surface area contributed by atoms with Gasteiger partial charge in [-0.2, -0.15) is 0 Å². The lowest BCUT2D eigenvalue weighted by atomic mass is 10.2. The maximum Gasteiger partial charge on any atom is 0.501 e. The van der Waals surface area contributed by atoms with E-state index in [0.717, 1.165) is 16.9 Å². The van der Waals surface area contributed by atoms with Gasteiger partial charge in [0.2, 0.25) is 0 Å². The predicted molar refractivity (Wildman–Crippen MR) is 83.5 cm³/mol. The van der Waals surface area contributed by atoms with E-state index < -0.39 is 8.80 Å². The van der Waals surface area contributed by atoms with Crippen LogP contribution in [0.2, 0.25) is 6.04 Å². The number of hydrogen-bond donors (Lipinski definition) is 0. The van der Waals surface area contributed by atoms with Crippen molar-refractivity contribution in [3.63, 3.8) is 0 Å². The number of rotatable bonds is 10. The van der Waals surface area contributed by atoms with Crippen molar-refractivity contribution >= 4 is 25.9 Å². The van der Waals surface area contributed by atoms with Crippen molar-refractivity contribution in [1.82, 2.24) is 0 Å². The van der Waals surface area contributed by atoms with E-state index in [4.69, 9.17) is 13.3 Å². The second kappa shape index (κ2) is 8.69. The van der Waals surface area contributed by atoms with Gasteiger partial charge in [-0.3, -0.25) is 4.79 Å². The molecule has 0 amide bonds. The molecule has 1 aromatic rings. The van der Waals surface area contributed by atoms with E-state index in [1.54, 1.807) is 6.92 Å². The predicted octanol–water partition coefficient (Wildman–Crippen LogP) is 3.54. The summed E-state index contributed by atoms with van der Waals surface area (Å²) in [6.07, 6.45) is 0.755. The van der Waals surface area contributed by atoms with E-state index in [1.807, 2.05) is 32.2 Å². The average Bonchev–Trinajstić information content (AvgIpc) is 2.86. The standard InChI is InChI=1S/C14H24O4SSi/c1-5-16-20(17-6-2,18-7-3)11-9-13-8-10-19-14(13)12(4)15/h8,10H,5-7,9,11H2,1-4H3. The highest BCUT2D eigenvalue weighted by Crippen LogP contribution is 2.24. The van der Waals surface area contributed by atoms with Crippen molar-refractivity contribution in [2.75, 3.05) is 19.8 Å². The van der Waals surface area contributed by atoms with Crippen molar-refractivity contribution in [3.8, 4) is 0 Å². The summed E-state index contributed by atoms with van der Waals surface area (Å²) in [6, 6.07) is 2.71. The highest BCUT2D eigenvalue weighted by Gasteiger charge is 2.40. The van der Waals surface area contributed by atoms with E-state index in [2.05, 4.69) is 0 Å². The first kappa shape index (κ1) is 17.5. The van der Waals surface area contributed by atoms with Crippen LogP contribution < -0.4 is 0 Å². The number of thiophene rings is 1. The average molecular weight is 316 g/mol. The zero-order valence-electron chi connectivity index (χ0n) is 12.7. The van der Waals surface area contributed by atoms with E-state index in [9.17, 15) is 4.79 Å². The zero-order chi connectivity index (χ0) is 15.0.